The van der Waals surface area contributed by atoms with E-state index in [2.05, 4.69) is 10.2 Å². The fraction of sp³-hybridized carbons (Fsp3) is 0.909. The summed E-state index contributed by atoms with van der Waals surface area (Å²) in [4.78, 5) is 14.0. The minimum absolute atomic E-state index is 0.244. The van der Waals surface area contributed by atoms with Crippen LogP contribution in [0.15, 0.2) is 0 Å². The average Bonchev–Trinajstić information content (AvgIpc) is 2.31. The second kappa shape index (κ2) is 6.47. The Bertz CT molecular complexity index is 288. The highest BCUT2D eigenvalue weighted by Crippen LogP contribution is 2.11. The van der Waals surface area contributed by atoms with Crippen molar-refractivity contribution >= 4 is 16.8 Å². The maximum Gasteiger partial charge on any atom is 0.327 e. The van der Waals surface area contributed by atoms with Crippen molar-refractivity contribution in [1.82, 2.24) is 10.2 Å². The molecule has 0 saturated carbocycles. The molecule has 0 aliphatic carbocycles. The van der Waals surface area contributed by atoms with Gasteiger partial charge in [-0.3, -0.25) is 13.9 Å². The van der Waals surface area contributed by atoms with Crippen LogP contribution in [-0.2, 0) is 20.3 Å². The van der Waals surface area contributed by atoms with Gasteiger partial charge >= 0.3 is 5.97 Å². The normalized spacial score (nSPS) is 22.1. The zero-order valence-electron chi connectivity index (χ0n) is 10.8. The molecule has 1 fully saturated rings. The van der Waals surface area contributed by atoms with Crippen molar-refractivity contribution in [3.8, 4) is 0 Å². The first-order valence-electron chi connectivity index (χ1n) is 5.92. The van der Waals surface area contributed by atoms with E-state index < -0.39 is 16.3 Å². The molecule has 0 spiro atoms. The van der Waals surface area contributed by atoms with Gasteiger partial charge in [-0.2, -0.15) is 0 Å². The van der Waals surface area contributed by atoms with Crippen LogP contribution in [0.5, 0.6) is 0 Å². The average molecular weight is 262 g/mol. The van der Waals surface area contributed by atoms with Gasteiger partial charge in [0.05, 0.1) is 7.11 Å². The minimum atomic E-state index is -0.684. The fourth-order valence-corrected chi connectivity index (χ4v) is 3.22. The summed E-state index contributed by atoms with van der Waals surface area (Å²) in [6.07, 6.45) is 0. The Hall–Kier alpha value is -0.460. The van der Waals surface area contributed by atoms with Gasteiger partial charge in [0.1, 0.15) is 5.54 Å². The third kappa shape index (κ3) is 4.04. The first kappa shape index (κ1) is 14.6. The Labute approximate surface area is 105 Å². The van der Waals surface area contributed by atoms with E-state index in [-0.39, 0.29) is 5.97 Å². The number of hydrogen-bond donors (Lipinski definition) is 1. The largest absolute Gasteiger partial charge is 0.468 e. The summed E-state index contributed by atoms with van der Waals surface area (Å²) in [7, 11) is 0.722. The number of rotatable bonds is 5. The van der Waals surface area contributed by atoms with Crippen molar-refractivity contribution in [3.63, 3.8) is 0 Å². The van der Waals surface area contributed by atoms with Crippen LogP contribution in [0.1, 0.15) is 13.8 Å². The summed E-state index contributed by atoms with van der Waals surface area (Å²) >= 11 is 0. The van der Waals surface area contributed by atoms with Gasteiger partial charge in [0, 0.05) is 41.9 Å². The summed E-state index contributed by atoms with van der Waals surface area (Å²) < 4.78 is 16.1. The highest BCUT2D eigenvalue weighted by molar-refractivity contribution is 7.85. The zero-order chi connectivity index (χ0) is 12.9. The molecule has 0 aromatic carbocycles. The number of ether oxygens (including phenoxy) is 1. The Morgan fingerprint density at radius 3 is 2.53 bits per heavy atom. The molecule has 1 aliphatic rings. The number of methoxy groups -OCH3 is 1. The van der Waals surface area contributed by atoms with E-state index in [0.29, 0.717) is 24.6 Å². The molecule has 1 aliphatic heterocycles. The smallest absolute Gasteiger partial charge is 0.327 e. The van der Waals surface area contributed by atoms with Gasteiger partial charge in [-0.15, -0.1) is 0 Å². The zero-order valence-corrected chi connectivity index (χ0v) is 11.6. The van der Waals surface area contributed by atoms with E-state index in [1.54, 1.807) is 0 Å². The second-order valence-electron chi connectivity index (χ2n) is 4.48. The number of carbonyl (C=O) groups excluding carboxylic acids is 1. The Morgan fingerprint density at radius 2 is 2.06 bits per heavy atom. The molecule has 17 heavy (non-hydrogen) atoms. The summed E-state index contributed by atoms with van der Waals surface area (Å²) in [6.45, 7) is 6.70. The molecule has 1 saturated heterocycles. The van der Waals surface area contributed by atoms with E-state index in [4.69, 9.17) is 4.74 Å². The molecule has 5 nitrogen and oxygen atoms in total. The number of likely N-dealkylation sites (N-methyl/N-ethyl adjacent to an activating group) is 1. The summed E-state index contributed by atoms with van der Waals surface area (Å²) in [5.74, 6) is 1.15. The topological polar surface area (TPSA) is 58.6 Å². The van der Waals surface area contributed by atoms with E-state index in [9.17, 15) is 9.00 Å². The molecule has 100 valence electrons. The molecule has 0 radical (unpaired) electrons. The minimum Gasteiger partial charge on any atom is -0.468 e. The summed E-state index contributed by atoms with van der Waals surface area (Å²) in [6, 6.07) is 0. The lowest BCUT2D eigenvalue weighted by Crippen LogP contribution is -2.58. The number of esters is 1. The van der Waals surface area contributed by atoms with Crippen LogP contribution in [0.3, 0.4) is 0 Å². The quantitative estimate of drug-likeness (QED) is 0.683. The van der Waals surface area contributed by atoms with Crippen LogP contribution >= 0.6 is 0 Å². The standard InChI is InChI=1S/C11H22N2O3S/c1-4-12-11(2,10(14)16-3)9-13-5-7-17(15)8-6-13/h12H,4-9H2,1-3H3. The predicted octanol–water partition coefficient (Wildman–Crippen LogP) is -0.408. The molecule has 1 unspecified atom stereocenters. The van der Waals surface area contributed by atoms with Gasteiger partial charge in [0.15, 0.2) is 0 Å². The molecule has 0 aromatic rings. The van der Waals surface area contributed by atoms with Crippen molar-refractivity contribution in [2.75, 3.05) is 44.8 Å². The molecule has 1 rings (SSSR count). The van der Waals surface area contributed by atoms with Crippen LogP contribution in [-0.4, -0.2) is 65.4 Å². The van der Waals surface area contributed by atoms with Crippen molar-refractivity contribution in [2.45, 2.75) is 19.4 Å². The first-order valence-corrected chi connectivity index (χ1v) is 7.41. The molecule has 1 atom stereocenters. The van der Waals surface area contributed by atoms with Crippen molar-refractivity contribution in [2.24, 2.45) is 0 Å². The van der Waals surface area contributed by atoms with Crippen LogP contribution in [0.2, 0.25) is 0 Å². The summed E-state index contributed by atoms with van der Waals surface area (Å²) in [5.41, 5.74) is -0.678. The molecule has 0 amide bonds. The number of carbonyl (C=O) groups is 1. The Kier molecular flexibility index (Phi) is 5.55. The van der Waals surface area contributed by atoms with E-state index >= 15 is 0 Å². The van der Waals surface area contributed by atoms with E-state index in [0.717, 1.165) is 13.1 Å². The van der Waals surface area contributed by atoms with E-state index in [1.165, 1.54) is 7.11 Å². The molecule has 1 N–H and O–H groups in total. The second-order valence-corrected chi connectivity index (χ2v) is 6.17. The third-order valence-electron chi connectivity index (χ3n) is 3.01. The van der Waals surface area contributed by atoms with Gasteiger partial charge in [-0.1, -0.05) is 6.92 Å². The molecule has 0 aromatic heterocycles. The summed E-state index contributed by atoms with van der Waals surface area (Å²) in [5, 5.41) is 3.18. The fourth-order valence-electron chi connectivity index (χ4n) is 2.09. The first-order chi connectivity index (χ1) is 8.01. The van der Waals surface area contributed by atoms with Crippen LogP contribution in [0.4, 0.5) is 0 Å². The number of nitrogens with zero attached hydrogens (tertiary/aromatic N) is 1. The van der Waals surface area contributed by atoms with E-state index in [1.807, 2.05) is 13.8 Å². The maximum atomic E-state index is 11.8. The van der Waals surface area contributed by atoms with Crippen molar-refractivity contribution in [3.05, 3.63) is 0 Å². The highest BCUT2D eigenvalue weighted by Gasteiger charge is 2.36. The Morgan fingerprint density at radius 1 is 1.47 bits per heavy atom. The lowest BCUT2D eigenvalue weighted by molar-refractivity contribution is -0.148. The molecular formula is C11H22N2O3S. The maximum absolute atomic E-state index is 11.8. The molecule has 6 heteroatoms. The van der Waals surface area contributed by atoms with Crippen LogP contribution in [0, 0.1) is 0 Å². The number of hydrogen-bond acceptors (Lipinski definition) is 5. The van der Waals surface area contributed by atoms with Gasteiger partial charge < -0.3 is 10.1 Å². The van der Waals surface area contributed by atoms with Gasteiger partial charge in [-0.25, -0.2) is 0 Å². The van der Waals surface area contributed by atoms with Crippen molar-refractivity contribution in [1.29, 1.82) is 0 Å². The molecule has 1 heterocycles. The van der Waals surface area contributed by atoms with Gasteiger partial charge in [-0.05, 0) is 13.5 Å². The monoisotopic (exact) mass is 262 g/mol. The third-order valence-corrected chi connectivity index (χ3v) is 4.29. The van der Waals surface area contributed by atoms with Gasteiger partial charge in [0.2, 0.25) is 0 Å². The number of nitrogens with one attached hydrogen (secondary N) is 1. The lowest BCUT2D eigenvalue weighted by Gasteiger charge is -2.35. The molecular weight excluding hydrogens is 240 g/mol. The Balaban J connectivity index is 2.60. The predicted molar refractivity (Wildman–Crippen MR) is 68.4 cm³/mol. The van der Waals surface area contributed by atoms with Crippen LogP contribution in [0.25, 0.3) is 0 Å². The van der Waals surface area contributed by atoms with Crippen LogP contribution < -0.4 is 5.32 Å². The lowest BCUT2D eigenvalue weighted by atomic mass is 10.0. The van der Waals surface area contributed by atoms with Gasteiger partial charge in [0.25, 0.3) is 0 Å². The highest BCUT2D eigenvalue weighted by atomic mass is 32.2. The molecule has 0 bridgehead atoms. The SMILES string of the molecule is CCNC(C)(CN1CCS(=O)CC1)C(=O)OC. The van der Waals surface area contributed by atoms with Crippen molar-refractivity contribution < 1.29 is 13.7 Å².